The summed E-state index contributed by atoms with van der Waals surface area (Å²) in [6.45, 7) is 0.372. The van der Waals surface area contributed by atoms with E-state index in [0.717, 1.165) is 53.0 Å². The van der Waals surface area contributed by atoms with E-state index in [9.17, 15) is 43.2 Å². The number of rotatable bonds is 15. The summed E-state index contributed by atoms with van der Waals surface area (Å²) in [6, 6.07) is 10.3. The van der Waals surface area contributed by atoms with E-state index in [4.69, 9.17) is 5.73 Å². The predicted molar refractivity (Wildman–Crippen MR) is 193 cm³/mol. The highest BCUT2D eigenvalue weighted by atomic mass is 16.2. The minimum atomic E-state index is -0.859. The lowest BCUT2D eigenvalue weighted by molar-refractivity contribution is -0.137. The van der Waals surface area contributed by atoms with Gasteiger partial charge in [0, 0.05) is 66.5 Å². The first-order valence-electron chi connectivity index (χ1n) is 16.6. The van der Waals surface area contributed by atoms with Crippen LogP contribution >= 0.6 is 0 Å². The number of nitrogens with one attached hydrogen (secondary N) is 5. The number of aromatic nitrogens is 6. The van der Waals surface area contributed by atoms with Gasteiger partial charge in [-0.1, -0.05) is 18.2 Å². The van der Waals surface area contributed by atoms with Gasteiger partial charge in [0.25, 0.3) is 17.0 Å². The molecule has 282 valence electrons. The first-order chi connectivity index (χ1) is 25.7. The van der Waals surface area contributed by atoms with Crippen molar-refractivity contribution in [3.63, 3.8) is 0 Å². The summed E-state index contributed by atoms with van der Waals surface area (Å²) in [7, 11) is 0. The molecule has 1 aromatic carbocycles. The van der Waals surface area contributed by atoms with Crippen LogP contribution in [0.3, 0.4) is 0 Å². The molecule has 0 saturated heterocycles. The van der Waals surface area contributed by atoms with Crippen LogP contribution in [-0.4, -0.2) is 108 Å². The Morgan fingerprint density at radius 1 is 0.796 bits per heavy atom. The van der Waals surface area contributed by atoms with E-state index in [1.54, 1.807) is 13.0 Å². The van der Waals surface area contributed by atoms with Crippen molar-refractivity contribution in [2.24, 2.45) is 5.73 Å². The molecule has 7 N–H and O–H groups in total. The number of hydrogen-bond donors (Lipinski definition) is 6. The lowest BCUT2D eigenvalue weighted by Gasteiger charge is -2.24. The van der Waals surface area contributed by atoms with Crippen LogP contribution in [0.4, 0.5) is 0 Å². The highest BCUT2D eigenvalue weighted by Gasteiger charge is 2.21. The number of pyridine rings is 1. The lowest BCUT2D eigenvalue weighted by atomic mass is 10.1. The molecule has 20 nitrogen and oxygen atoms in total. The minimum absolute atomic E-state index is 0.116. The zero-order valence-corrected chi connectivity index (χ0v) is 29.3. The standard InChI is InChI=1S/C34H37N11O9/c1-19-14-45(34(54)41-31(19)51)18-29(50)43(12-9-37-32(52)24-13-22-21-5-3-4-6-23(21)39-30(22)20(2)38-24)16-27(48)36-8-11-42(15-25(35)46)28(49)17-44-10-7-26(47)40-33(44)53/h3-7,10,13-14,39H,8-9,11-12,15-18H2,1-2H3,(H2,35,46)(H,36,48)(H,37,52)(H,40,47,53)(H,41,51,54). The molecule has 0 saturated carbocycles. The number of carbonyl (C=O) groups excluding carboxylic acids is 5. The van der Waals surface area contributed by atoms with Gasteiger partial charge < -0.3 is 31.2 Å². The fraction of sp³-hybridized carbons (Fsp3) is 0.294. The van der Waals surface area contributed by atoms with Gasteiger partial charge >= 0.3 is 11.4 Å². The number of H-pyrrole nitrogens is 3. The lowest BCUT2D eigenvalue weighted by Crippen LogP contribution is -2.48. The average Bonchev–Trinajstić information content (AvgIpc) is 3.50. The molecule has 0 unspecified atom stereocenters. The maximum atomic E-state index is 13.5. The summed E-state index contributed by atoms with van der Waals surface area (Å²) in [5.41, 5.74) is 4.91. The Kier molecular flexibility index (Phi) is 11.6. The number of para-hydroxylation sites is 1. The van der Waals surface area contributed by atoms with Gasteiger partial charge in [0.2, 0.25) is 23.6 Å². The number of aryl methyl sites for hydroxylation is 2. The average molecular weight is 744 g/mol. The van der Waals surface area contributed by atoms with Gasteiger partial charge in [0.05, 0.1) is 24.3 Å². The minimum Gasteiger partial charge on any atom is -0.368 e. The van der Waals surface area contributed by atoms with Crippen LogP contribution in [0.25, 0.3) is 21.8 Å². The molecule has 0 aliphatic rings. The number of benzene rings is 1. The van der Waals surface area contributed by atoms with E-state index < -0.39 is 78.2 Å². The van der Waals surface area contributed by atoms with Crippen LogP contribution in [0.2, 0.25) is 0 Å². The fourth-order valence-electron chi connectivity index (χ4n) is 5.64. The fourth-order valence-corrected chi connectivity index (χ4v) is 5.64. The van der Waals surface area contributed by atoms with E-state index >= 15 is 0 Å². The smallest absolute Gasteiger partial charge is 0.328 e. The third-order valence-electron chi connectivity index (χ3n) is 8.36. The van der Waals surface area contributed by atoms with E-state index in [0.29, 0.717) is 5.69 Å². The first-order valence-corrected chi connectivity index (χ1v) is 16.6. The monoisotopic (exact) mass is 743 g/mol. The number of carbonyl (C=O) groups is 5. The molecule has 0 fully saturated rings. The molecule has 5 amide bonds. The van der Waals surface area contributed by atoms with E-state index in [2.05, 4.69) is 25.6 Å². The molecule has 0 spiro atoms. The Labute approximate surface area is 304 Å². The summed E-state index contributed by atoms with van der Waals surface area (Å²) >= 11 is 0. The molecule has 4 aromatic heterocycles. The summed E-state index contributed by atoms with van der Waals surface area (Å²) < 4.78 is 1.90. The van der Waals surface area contributed by atoms with E-state index in [-0.39, 0.29) is 37.4 Å². The second-order valence-corrected chi connectivity index (χ2v) is 12.3. The van der Waals surface area contributed by atoms with Crippen LogP contribution in [0.5, 0.6) is 0 Å². The van der Waals surface area contributed by atoms with Crippen LogP contribution < -0.4 is 38.9 Å². The number of hydrogen-bond acceptors (Lipinski definition) is 10. The zero-order chi connectivity index (χ0) is 39.1. The number of amides is 5. The van der Waals surface area contributed by atoms with Gasteiger partial charge in [-0.25, -0.2) is 14.6 Å². The number of nitrogens with two attached hydrogens (primary N) is 1. The van der Waals surface area contributed by atoms with Crippen molar-refractivity contribution in [3.05, 3.63) is 107 Å². The van der Waals surface area contributed by atoms with Gasteiger partial charge in [-0.2, -0.15) is 0 Å². The summed E-state index contributed by atoms with van der Waals surface area (Å²) in [5, 5.41) is 6.98. The molecular weight excluding hydrogens is 706 g/mol. The quantitative estimate of drug-likeness (QED) is 0.0652. The van der Waals surface area contributed by atoms with Crippen LogP contribution in [0.1, 0.15) is 21.7 Å². The molecular formula is C34H37N11O9. The van der Waals surface area contributed by atoms with E-state index in [1.165, 1.54) is 13.1 Å². The molecule has 20 heteroatoms. The third-order valence-corrected chi connectivity index (χ3v) is 8.36. The summed E-state index contributed by atoms with van der Waals surface area (Å²) in [6.07, 6.45) is 2.32. The van der Waals surface area contributed by atoms with Gasteiger partial charge in [0.1, 0.15) is 18.8 Å². The molecule has 54 heavy (non-hydrogen) atoms. The second-order valence-electron chi connectivity index (χ2n) is 12.3. The maximum Gasteiger partial charge on any atom is 0.328 e. The van der Waals surface area contributed by atoms with Crippen LogP contribution in [-0.2, 0) is 32.3 Å². The van der Waals surface area contributed by atoms with Crippen molar-refractivity contribution in [1.82, 2.24) is 49.5 Å². The zero-order valence-electron chi connectivity index (χ0n) is 29.3. The molecule has 0 aliphatic heterocycles. The number of primary amides is 1. The van der Waals surface area contributed by atoms with E-state index in [1.807, 2.05) is 29.2 Å². The molecule has 4 heterocycles. The van der Waals surface area contributed by atoms with Gasteiger partial charge in [-0.3, -0.25) is 52.7 Å². The van der Waals surface area contributed by atoms with Crippen molar-refractivity contribution in [2.45, 2.75) is 26.9 Å². The van der Waals surface area contributed by atoms with Gasteiger partial charge in [-0.05, 0) is 26.0 Å². The SMILES string of the molecule is Cc1cn(CC(=O)N(CCNC(=O)c2cc3c([nH]c4ccccc43)c(C)n2)CC(=O)NCCN(CC(N)=O)C(=O)Cn2ccc(=O)[nH]c2=O)c(=O)[nH]c1=O. The molecule has 5 aromatic rings. The number of fused-ring (bicyclic) bond motifs is 3. The Balaban J connectivity index is 1.25. The third kappa shape index (κ3) is 9.21. The topological polar surface area (TPSA) is 280 Å². The number of aromatic amines is 3. The highest BCUT2D eigenvalue weighted by Crippen LogP contribution is 2.27. The van der Waals surface area contributed by atoms with Crippen molar-refractivity contribution in [1.29, 1.82) is 0 Å². The summed E-state index contributed by atoms with van der Waals surface area (Å²) in [5.74, 6) is -3.48. The normalized spacial score (nSPS) is 11.0. The summed E-state index contributed by atoms with van der Waals surface area (Å²) in [4.78, 5) is 126. The molecule has 0 atom stereocenters. The Bertz CT molecular complexity index is 2510. The van der Waals surface area contributed by atoms with Gasteiger partial charge in [-0.15, -0.1) is 0 Å². The largest absolute Gasteiger partial charge is 0.368 e. The Hall–Kier alpha value is -7.12. The second kappa shape index (κ2) is 16.5. The number of nitrogens with zero attached hydrogens (tertiary/aromatic N) is 5. The van der Waals surface area contributed by atoms with Crippen LogP contribution in [0.15, 0.2) is 68.0 Å². The van der Waals surface area contributed by atoms with Crippen molar-refractivity contribution < 1.29 is 24.0 Å². The van der Waals surface area contributed by atoms with Crippen molar-refractivity contribution in [3.8, 4) is 0 Å². The van der Waals surface area contributed by atoms with Crippen molar-refractivity contribution >= 4 is 51.3 Å². The molecule has 5 rings (SSSR count). The van der Waals surface area contributed by atoms with Gasteiger partial charge in [0.15, 0.2) is 0 Å². The maximum absolute atomic E-state index is 13.5. The predicted octanol–water partition coefficient (Wildman–Crippen LogP) is -2.58. The Morgan fingerprint density at radius 2 is 1.44 bits per heavy atom. The molecule has 0 aliphatic carbocycles. The first kappa shape index (κ1) is 38.1. The highest BCUT2D eigenvalue weighted by molar-refractivity contribution is 6.10. The Morgan fingerprint density at radius 3 is 2.15 bits per heavy atom. The van der Waals surface area contributed by atoms with Crippen LogP contribution in [0, 0.1) is 13.8 Å². The molecule has 0 radical (unpaired) electrons. The molecule has 0 bridgehead atoms. The van der Waals surface area contributed by atoms with Crippen molar-refractivity contribution in [2.75, 3.05) is 39.3 Å².